The Labute approximate surface area is 161 Å². The van der Waals surface area contributed by atoms with Crippen LogP contribution in [0.4, 0.5) is 8.78 Å². The topological polar surface area (TPSA) is 48.9 Å². The van der Waals surface area contributed by atoms with E-state index in [1.54, 1.807) is 19.2 Å². The fourth-order valence-electron chi connectivity index (χ4n) is 3.43. The zero-order valence-corrected chi connectivity index (χ0v) is 16.6. The third kappa shape index (κ3) is 7.33. The van der Waals surface area contributed by atoms with Crippen LogP contribution in [0.15, 0.2) is 23.2 Å². The maximum absolute atomic E-state index is 12.6. The molecule has 0 amide bonds. The van der Waals surface area contributed by atoms with Gasteiger partial charge >= 0.3 is 6.61 Å². The van der Waals surface area contributed by atoms with Gasteiger partial charge in [-0.15, -0.1) is 0 Å². The van der Waals surface area contributed by atoms with Crippen molar-refractivity contribution in [3.8, 4) is 5.75 Å². The lowest BCUT2D eigenvalue weighted by molar-refractivity contribution is -0.0504. The molecule has 0 bridgehead atoms. The first-order chi connectivity index (χ1) is 13.0. The van der Waals surface area contributed by atoms with Crippen molar-refractivity contribution >= 4 is 5.96 Å². The third-order valence-electron chi connectivity index (χ3n) is 4.91. The number of nitrogens with zero attached hydrogens (tertiary/aromatic N) is 2. The van der Waals surface area contributed by atoms with Crippen molar-refractivity contribution in [2.45, 2.75) is 46.3 Å². The van der Waals surface area contributed by atoms with Gasteiger partial charge in [0.15, 0.2) is 5.96 Å². The molecule has 2 N–H and O–H groups in total. The van der Waals surface area contributed by atoms with Gasteiger partial charge in [-0.1, -0.05) is 24.6 Å². The first kappa shape index (κ1) is 21.4. The Morgan fingerprint density at radius 2 is 2.04 bits per heavy atom. The third-order valence-corrected chi connectivity index (χ3v) is 4.91. The average Bonchev–Trinajstić information content (AvgIpc) is 2.65. The Hall–Kier alpha value is -1.89. The highest BCUT2D eigenvalue weighted by atomic mass is 19.3. The Kier molecular flexibility index (Phi) is 8.78. The zero-order chi connectivity index (χ0) is 19.6. The van der Waals surface area contributed by atoms with Crippen molar-refractivity contribution in [1.29, 1.82) is 0 Å². The van der Waals surface area contributed by atoms with Crippen molar-refractivity contribution in [3.05, 3.63) is 29.3 Å². The molecule has 27 heavy (non-hydrogen) atoms. The van der Waals surface area contributed by atoms with Crippen LogP contribution in [-0.4, -0.2) is 50.7 Å². The summed E-state index contributed by atoms with van der Waals surface area (Å²) in [5.41, 5.74) is 1.68. The molecule has 5 nitrogen and oxygen atoms in total. The maximum Gasteiger partial charge on any atom is 0.387 e. The minimum Gasteiger partial charge on any atom is -0.434 e. The lowest BCUT2D eigenvalue weighted by atomic mass is 9.97. The van der Waals surface area contributed by atoms with Crippen molar-refractivity contribution in [2.24, 2.45) is 10.9 Å². The first-order valence-corrected chi connectivity index (χ1v) is 9.73. The van der Waals surface area contributed by atoms with E-state index in [2.05, 4.69) is 32.2 Å². The summed E-state index contributed by atoms with van der Waals surface area (Å²) in [6.45, 7) is 6.05. The molecule has 1 saturated heterocycles. The number of likely N-dealkylation sites (tertiary alicyclic amines) is 1. The van der Waals surface area contributed by atoms with Crippen molar-refractivity contribution in [3.63, 3.8) is 0 Å². The number of hydrogen-bond donors (Lipinski definition) is 2. The van der Waals surface area contributed by atoms with E-state index in [1.807, 2.05) is 13.0 Å². The second-order valence-electron chi connectivity index (χ2n) is 7.08. The van der Waals surface area contributed by atoms with Crippen LogP contribution in [0.1, 0.15) is 37.3 Å². The van der Waals surface area contributed by atoms with E-state index in [4.69, 9.17) is 0 Å². The quantitative estimate of drug-likeness (QED) is 0.535. The van der Waals surface area contributed by atoms with Gasteiger partial charge in [-0.25, -0.2) is 0 Å². The van der Waals surface area contributed by atoms with Crippen LogP contribution < -0.4 is 15.4 Å². The van der Waals surface area contributed by atoms with Crippen LogP contribution in [0.2, 0.25) is 0 Å². The number of halogens is 2. The van der Waals surface area contributed by atoms with Gasteiger partial charge in [-0.3, -0.25) is 4.99 Å². The summed E-state index contributed by atoms with van der Waals surface area (Å²) >= 11 is 0. The molecule has 0 aromatic heterocycles. The van der Waals surface area contributed by atoms with Crippen LogP contribution in [0.5, 0.6) is 5.75 Å². The summed E-state index contributed by atoms with van der Waals surface area (Å²) in [4.78, 5) is 6.76. The fraction of sp³-hybridized carbons (Fsp3) is 0.650. The standard InChI is InChI=1S/C20H32F2N4O/c1-4-9-26-10-7-16(8-11-26)13-24-20(23-3)25-14-17-12-15(2)5-6-18(17)27-19(21)22/h5-6,12,16,19H,4,7-11,13-14H2,1-3H3,(H2,23,24,25). The fourth-order valence-corrected chi connectivity index (χ4v) is 3.43. The second kappa shape index (κ2) is 11.1. The van der Waals surface area contributed by atoms with E-state index < -0.39 is 6.61 Å². The number of guanidine groups is 1. The van der Waals surface area contributed by atoms with Gasteiger partial charge in [-0.05, 0) is 57.8 Å². The first-order valence-electron chi connectivity index (χ1n) is 9.73. The molecule has 1 fully saturated rings. The van der Waals surface area contributed by atoms with Crippen molar-refractivity contribution in [1.82, 2.24) is 15.5 Å². The summed E-state index contributed by atoms with van der Waals surface area (Å²) in [5, 5.41) is 6.56. The van der Waals surface area contributed by atoms with E-state index in [0.29, 0.717) is 24.0 Å². The predicted octanol–water partition coefficient (Wildman–Crippen LogP) is 3.38. The van der Waals surface area contributed by atoms with Crippen LogP contribution in [0, 0.1) is 12.8 Å². The molecule has 1 aromatic rings. The van der Waals surface area contributed by atoms with Crippen molar-refractivity contribution < 1.29 is 13.5 Å². The molecule has 1 aromatic carbocycles. The van der Waals surface area contributed by atoms with Crippen LogP contribution in [-0.2, 0) is 6.54 Å². The van der Waals surface area contributed by atoms with E-state index in [0.717, 1.165) is 25.2 Å². The molecule has 7 heteroatoms. The molecule has 0 radical (unpaired) electrons. The molecule has 0 aliphatic carbocycles. The average molecular weight is 382 g/mol. The van der Waals surface area contributed by atoms with Gasteiger partial charge < -0.3 is 20.3 Å². The molecule has 1 aliphatic heterocycles. The summed E-state index contributed by atoms with van der Waals surface area (Å²) in [6, 6.07) is 5.19. The number of aliphatic imine (C=N–C) groups is 1. The van der Waals surface area contributed by atoms with Gasteiger partial charge in [0, 0.05) is 25.7 Å². The monoisotopic (exact) mass is 382 g/mol. The minimum atomic E-state index is -2.83. The molecule has 0 atom stereocenters. The molecule has 1 heterocycles. The largest absolute Gasteiger partial charge is 0.434 e. The smallest absolute Gasteiger partial charge is 0.387 e. The van der Waals surface area contributed by atoms with Crippen LogP contribution in [0.25, 0.3) is 0 Å². The SMILES string of the molecule is CCCN1CCC(CNC(=NC)NCc2cc(C)ccc2OC(F)F)CC1. The van der Waals surface area contributed by atoms with Gasteiger partial charge in [-0.2, -0.15) is 8.78 Å². The highest BCUT2D eigenvalue weighted by molar-refractivity contribution is 5.79. The number of aryl methyl sites for hydroxylation is 1. The number of alkyl halides is 2. The predicted molar refractivity (Wildman–Crippen MR) is 105 cm³/mol. The molecule has 0 unspecified atom stereocenters. The second-order valence-corrected chi connectivity index (χ2v) is 7.08. The minimum absolute atomic E-state index is 0.196. The molecule has 152 valence electrons. The molecular formula is C20H32F2N4O. The highest BCUT2D eigenvalue weighted by Gasteiger charge is 2.18. The zero-order valence-electron chi connectivity index (χ0n) is 16.6. The van der Waals surface area contributed by atoms with E-state index in [9.17, 15) is 8.78 Å². The summed E-state index contributed by atoms with van der Waals surface area (Å²) in [6.07, 6.45) is 3.58. The lowest BCUT2D eigenvalue weighted by Crippen LogP contribution is -2.42. The molecule has 1 aliphatic rings. The van der Waals surface area contributed by atoms with Crippen molar-refractivity contribution in [2.75, 3.05) is 33.2 Å². The number of ether oxygens (including phenoxy) is 1. The lowest BCUT2D eigenvalue weighted by Gasteiger charge is -2.32. The maximum atomic E-state index is 12.6. The highest BCUT2D eigenvalue weighted by Crippen LogP contribution is 2.22. The molecule has 0 spiro atoms. The van der Waals surface area contributed by atoms with Gasteiger partial charge in [0.1, 0.15) is 5.75 Å². The number of rotatable bonds is 8. The Bertz CT molecular complexity index is 602. The number of piperidine rings is 1. The number of benzene rings is 1. The summed E-state index contributed by atoms with van der Waals surface area (Å²) in [7, 11) is 1.71. The van der Waals surface area contributed by atoms with E-state index in [1.165, 1.54) is 25.8 Å². The summed E-state index contributed by atoms with van der Waals surface area (Å²) < 4.78 is 29.8. The van der Waals surface area contributed by atoms with Gasteiger partial charge in [0.05, 0.1) is 0 Å². The van der Waals surface area contributed by atoms with Crippen LogP contribution in [0.3, 0.4) is 0 Å². The van der Waals surface area contributed by atoms with E-state index >= 15 is 0 Å². The Morgan fingerprint density at radius 3 is 2.67 bits per heavy atom. The Morgan fingerprint density at radius 1 is 1.30 bits per heavy atom. The van der Waals surface area contributed by atoms with Gasteiger partial charge in [0.25, 0.3) is 0 Å². The normalized spacial score (nSPS) is 16.6. The van der Waals surface area contributed by atoms with Gasteiger partial charge in [0.2, 0.25) is 0 Å². The molecular weight excluding hydrogens is 350 g/mol. The number of hydrogen-bond acceptors (Lipinski definition) is 3. The van der Waals surface area contributed by atoms with E-state index in [-0.39, 0.29) is 5.75 Å². The molecule has 2 rings (SSSR count). The Balaban J connectivity index is 1.82. The number of nitrogens with one attached hydrogen (secondary N) is 2. The van der Waals surface area contributed by atoms with Crippen LogP contribution >= 0.6 is 0 Å². The molecule has 0 saturated carbocycles. The summed E-state index contributed by atoms with van der Waals surface area (Å²) in [5.74, 6) is 1.51.